The molecule has 0 aliphatic heterocycles. The Morgan fingerprint density at radius 1 is 0.405 bits per heavy atom. The topological polar surface area (TPSA) is 41.0 Å². The number of rotatable bonds is 6. The Hall–Kier alpha value is -4.70. The van der Waals surface area contributed by atoms with Gasteiger partial charge in [-0.25, -0.2) is 0 Å². The SMILES string of the molecule is CNc1ccc(-c2ccc3c(c2)c2cc(-c4ccc(NC)cc4)ccc2n3-c2ccc(NC)cc2)cc1. The molecule has 4 nitrogen and oxygen atoms in total. The molecule has 0 radical (unpaired) electrons. The van der Waals surface area contributed by atoms with E-state index < -0.39 is 0 Å². The first kappa shape index (κ1) is 22.7. The van der Waals surface area contributed by atoms with E-state index in [1.54, 1.807) is 0 Å². The second-order valence-corrected chi connectivity index (χ2v) is 9.25. The number of anilines is 3. The lowest BCUT2D eigenvalue weighted by atomic mass is 10.00. The Morgan fingerprint density at radius 2 is 0.757 bits per heavy atom. The van der Waals surface area contributed by atoms with Crippen molar-refractivity contribution in [2.75, 3.05) is 37.1 Å². The van der Waals surface area contributed by atoms with Crippen LogP contribution >= 0.6 is 0 Å². The Morgan fingerprint density at radius 3 is 1.14 bits per heavy atom. The first-order valence-corrected chi connectivity index (χ1v) is 12.6. The van der Waals surface area contributed by atoms with E-state index in [1.165, 1.54) is 44.1 Å². The fourth-order valence-electron chi connectivity index (χ4n) is 5.10. The second-order valence-electron chi connectivity index (χ2n) is 9.25. The Kier molecular flexibility index (Phi) is 5.78. The normalized spacial score (nSPS) is 11.1. The number of hydrogen-bond donors (Lipinski definition) is 3. The van der Waals surface area contributed by atoms with Gasteiger partial charge in [-0.1, -0.05) is 36.4 Å². The van der Waals surface area contributed by atoms with Crippen LogP contribution in [0.15, 0.2) is 109 Å². The maximum atomic E-state index is 3.22. The molecule has 0 saturated heterocycles. The number of benzene rings is 5. The molecule has 0 aliphatic carbocycles. The van der Waals surface area contributed by atoms with E-state index in [1.807, 2.05) is 21.1 Å². The zero-order chi connectivity index (χ0) is 25.4. The highest BCUT2D eigenvalue weighted by atomic mass is 15.0. The van der Waals surface area contributed by atoms with Crippen molar-refractivity contribution >= 4 is 38.9 Å². The van der Waals surface area contributed by atoms with Crippen LogP contribution in [0.1, 0.15) is 0 Å². The number of fused-ring (bicyclic) bond motifs is 3. The van der Waals surface area contributed by atoms with Crippen LogP contribution in [0.5, 0.6) is 0 Å². The van der Waals surface area contributed by atoms with Crippen molar-refractivity contribution in [2.45, 2.75) is 0 Å². The molecule has 1 heterocycles. The number of nitrogens with zero attached hydrogens (tertiary/aromatic N) is 1. The van der Waals surface area contributed by atoms with Crippen molar-refractivity contribution in [3.05, 3.63) is 109 Å². The van der Waals surface area contributed by atoms with E-state index in [2.05, 4.69) is 130 Å². The van der Waals surface area contributed by atoms with Gasteiger partial charge in [0.05, 0.1) is 11.0 Å². The maximum Gasteiger partial charge on any atom is 0.0541 e. The molecule has 0 unspecified atom stereocenters. The van der Waals surface area contributed by atoms with E-state index in [-0.39, 0.29) is 0 Å². The van der Waals surface area contributed by atoms with Gasteiger partial charge in [-0.2, -0.15) is 0 Å². The third-order valence-corrected chi connectivity index (χ3v) is 7.19. The molecule has 0 amide bonds. The number of nitrogens with one attached hydrogen (secondary N) is 3. The van der Waals surface area contributed by atoms with E-state index in [4.69, 9.17) is 0 Å². The summed E-state index contributed by atoms with van der Waals surface area (Å²) in [4.78, 5) is 0. The van der Waals surface area contributed by atoms with Crippen LogP contribution in [0.25, 0.3) is 49.7 Å². The lowest BCUT2D eigenvalue weighted by Gasteiger charge is -2.10. The van der Waals surface area contributed by atoms with Crippen LogP contribution in [0, 0.1) is 0 Å². The fourth-order valence-corrected chi connectivity index (χ4v) is 5.10. The van der Waals surface area contributed by atoms with Gasteiger partial charge in [0.1, 0.15) is 0 Å². The summed E-state index contributed by atoms with van der Waals surface area (Å²) >= 11 is 0. The van der Waals surface area contributed by atoms with Crippen LogP contribution in [0.2, 0.25) is 0 Å². The van der Waals surface area contributed by atoms with Crippen molar-refractivity contribution in [3.8, 4) is 27.9 Å². The average molecular weight is 483 g/mol. The molecule has 0 aliphatic rings. The molecule has 6 rings (SSSR count). The van der Waals surface area contributed by atoms with Crippen molar-refractivity contribution in [1.29, 1.82) is 0 Å². The maximum absolute atomic E-state index is 3.22. The highest BCUT2D eigenvalue weighted by Gasteiger charge is 2.15. The molecular weight excluding hydrogens is 452 g/mol. The smallest absolute Gasteiger partial charge is 0.0541 e. The molecule has 182 valence electrons. The van der Waals surface area contributed by atoms with E-state index in [9.17, 15) is 0 Å². The molecule has 1 aromatic heterocycles. The van der Waals surface area contributed by atoms with Gasteiger partial charge in [0.25, 0.3) is 0 Å². The fraction of sp³-hybridized carbons (Fsp3) is 0.0909. The van der Waals surface area contributed by atoms with Gasteiger partial charge in [0.15, 0.2) is 0 Å². The van der Waals surface area contributed by atoms with Gasteiger partial charge < -0.3 is 20.5 Å². The monoisotopic (exact) mass is 482 g/mol. The first-order chi connectivity index (χ1) is 18.2. The summed E-state index contributed by atoms with van der Waals surface area (Å²) in [5.74, 6) is 0. The van der Waals surface area contributed by atoms with E-state index in [0.29, 0.717) is 0 Å². The summed E-state index contributed by atoms with van der Waals surface area (Å²) in [5, 5.41) is 12.1. The van der Waals surface area contributed by atoms with Crippen LogP contribution in [0.3, 0.4) is 0 Å². The molecule has 37 heavy (non-hydrogen) atoms. The minimum absolute atomic E-state index is 1.10. The van der Waals surface area contributed by atoms with Crippen molar-refractivity contribution in [1.82, 2.24) is 4.57 Å². The van der Waals surface area contributed by atoms with Crippen LogP contribution in [0.4, 0.5) is 17.1 Å². The highest BCUT2D eigenvalue weighted by Crippen LogP contribution is 2.37. The van der Waals surface area contributed by atoms with Crippen molar-refractivity contribution in [2.24, 2.45) is 0 Å². The zero-order valence-corrected chi connectivity index (χ0v) is 21.3. The van der Waals surface area contributed by atoms with Crippen LogP contribution in [-0.4, -0.2) is 25.7 Å². The van der Waals surface area contributed by atoms with E-state index >= 15 is 0 Å². The van der Waals surface area contributed by atoms with Gasteiger partial charge in [-0.3, -0.25) is 0 Å². The first-order valence-electron chi connectivity index (χ1n) is 12.6. The zero-order valence-electron chi connectivity index (χ0n) is 21.3. The largest absolute Gasteiger partial charge is 0.388 e. The summed E-state index contributed by atoms with van der Waals surface area (Å²) in [7, 11) is 5.84. The van der Waals surface area contributed by atoms with Crippen LogP contribution < -0.4 is 16.0 Å². The minimum Gasteiger partial charge on any atom is -0.388 e. The standard InChI is InChI=1S/C33H30N4/c1-34-26-10-4-22(5-11-26)24-8-18-32-30(20-24)31-21-25(23-6-12-27(35-2)13-7-23)9-19-33(31)37(32)29-16-14-28(36-3)15-17-29/h4-21,34-36H,1-3H3. The molecule has 0 bridgehead atoms. The van der Waals surface area contributed by atoms with Crippen molar-refractivity contribution in [3.63, 3.8) is 0 Å². The van der Waals surface area contributed by atoms with Gasteiger partial charge in [-0.15, -0.1) is 0 Å². The molecule has 0 atom stereocenters. The predicted octanol–water partition coefficient (Wildman–Crippen LogP) is 8.24. The molecule has 0 spiro atoms. The minimum atomic E-state index is 1.10. The van der Waals surface area contributed by atoms with Crippen LogP contribution in [-0.2, 0) is 0 Å². The molecule has 4 heteroatoms. The number of hydrogen-bond acceptors (Lipinski definition) is 3. The highest BCUT2D eigenvalue weighted by molar-refractivity contribution is 6.11. The molecule has 5 aromatic carbocycles. The Balaban J connectivity index is 1.57. The summed E-state index contributed by atoms with van der Waals surface area (Å²) in [6, 6.07) is 39.4. The summed E-state index contributed by atoms with van der Waals surface area (Å²) in [6.45, 7) is 0. The van der Waals surface area contributed by atoms with Gasteiger partial charge in [0, 0.05) is 54.7 Å². The summed E-state index contributed by atoms with van der Waals surface area (Å²) < 4.78 is 2.37. The quantitative estimate of drug-likeness (QED) is 0.224. The molecule has 0 saturated carbocycles. The lowest BCUT2D eigenvalue weighted by molar-refractivity contribution is 1.18. The van der Waals surface area contributed by atoms with Crippen molar-refractivity contribution < 1.29 is 0 Å². The Bertz CT molecular complexity index is 1590. The number of aromatic nitrogens is 1. The molecule has 6 aromatic rings. The molecule has 3 N–H and O–H groups in total. The van der Waals surface area contributed by atoms with Gasteiger partial charge in [-0.05, 0) is 95.1 Å². The predicted molar refractivity (Wildman–Crippen MR) is 160 cm³/mol. The van der Waals surface area contributed by atoms with E-state index in [0.717, 1.165) is 22.7 Å². The Labute approximate surface area is 217 Å². The lowest BCUT2D eigenvalue weighted by Crippen LogP contribution is -1.95. The second kappa shape index (κ2) is 9.40. The third-order valence-electron chi connectivity index (χ3n) is 7.19. The van der Waals surface area contributed by atoms with Gasteiger partial charge >= 0.3 is 0 Å². The average Bonchev–Trinajstić information content (AvgIpc) is 3.30. The molecular formula is C33H30N4. The summed E-state index contributed by atoms with van der Waals surface area (Å²) in [6.07, 6.45) is 0. The molecule has 0 fully saturated rings. The van der Waals surface area contributed by atoms with Gasteiger partial charge in [0.2, 0.25) is 0 Å². The summed E-state index contributed by atoms with van der Waals surface area (Å²) in [5.41, 5.74) is 11.7. The third kappa shape index (κ3) is 4.07.